The number of nitrogens with one attached hydrogen (secondary N) is 1. The van der Waals surface area contributed by atoms with Gasteiger partial charge in [-0.25, -0.2) is 0 Å². The quantitative estimate of drug-likeness (QED) is 0.910. The van der Waals surface area contributed by atoms with Crippen LogP contribution in [0.4, 0.5) is 0 Å². The number of hydrogen-bond donors (Lipinski definition) is 1. The molecule has 1 aliphatic heterocycles. The first-order valence-corrected chi connectivity index (χ1v) is 7.82. The molecule has 2 heterocycles. The van der Waals surface area contributed by atoms with Crippen LogP contribution >= 0.6 is 0 Å². The molecule has 22 heavy (non-hydrogen) atoms. The minimum absolute atomic E-state index is 0.219. The number of methoxy groups -OCH3 is 1. The third-order valence-electron chi connectivity index (χ3n) is 4.35. The van der Waals surface area contributed by atoms with Crippen molar-refractivity contribution >= 4 is 16.8 Å². The maximum absolute atomic E-state index is 12.5. The van der Waals surface area contributed by atoms with E-state index in [2.05, 4.69) is 16.0 Å². The van der Waals surface area contributed by atoms with Crippen molar-refractivity contribution in [2.24, 2.45) is 0 Å². The summed E-state index contributed by atoms with van der Waals surface area (Å²) in [4.78, 5) is 20.1. The van der Waals surface area contributed by atoms with Crippen molar-refractivity contribution in [3.63, 3.8) is 0 Å². The van der Waals surface area contributed by atoms with E-state index >= 15 is 0 Å². The summed E-state index contributed by atoms with van der Waals surface area (Å²) in [5.41, 5.74) is 2.18. The van der Waals surface area contributed by atoms with Crippen molar-refractivity contribution in [2.75, 3.05) is 46.4 Å². The molecular weight excluding hydrogens is 278 g/mol. The molecule has 5 heteroatoms. The van der Waals surface area contributed by atoms with Crippen LogP contribution in [0.3, 0.4) is 0 Å². The molecular formula is C17H23N3O2. The second-order valence-corrected chi connectivity index (χ2v) is 5.75. The van der Waals surface area contributed by atoms with Crippen LogP contribution in [-0.4, -0.2) is 67.1 Å². The van der Waals surface area contributed by atoms with Crippen LogP contribution < -0.4 is 0 Å². The van der Waals surface area contributed by atoms with Gasteiger partial charge in [-0.1, -0.05) is 18.2 Å². The molecule has 2 aromatic rings. The third-order valence-corrected chi connectivity index (χ3v) is 4.35. The van der Waals surface area contributed by atoms with Crippen LogP contribution in [0.2, 0.25) is 0 Å². The summed E-state index contributed by atoms with van der Waals surface area (Å²) in [6.45, 7) is 5.19. The standard InChI is InChI=1S/C17H23N3O2/c1-22-11-10-19-6-8-20(9-7-19)17(21)12-14-13-18-16-5-3-2-4-15(14)16/h2-5,13,18H,6-12H2,1H3. The number of aromatic nitrogens is 1. The van der Waals surface area contributed by atoms with Crippen molar-refractivity contribution in [3.05, 3.63) is 36.0 Å². The van der Waals surface area contributed by atoms with E-state index < -0.39 is 0 Å². The summed E-state index contributed by atoms with van der Waals surface area (Å²) in [5.74, 6) is 0.219. The average molecular weight is 301 g/mol. The van der Waals surface area contributed by atoms with E-state index in [1.807, 2.05) is 29.3 Å². The van der Waals surface area contributed by atoms with Gasteiger partial charge >= 0.3 is 0 Å². The molecule has 0 unspecified atom stereocenters. The maximum Gasteiger partial charge on any atom is 0.227 e. The second kappa shape index (κ2) is 6.94. The van der Waals surface area contributed by atoms with Crippen molar-refractivity contribution in [1.29, 1.82) is 0 Å². The summed E-state index contributed by atoms with van der Waals surface area (Å²) in [6.07, 6.45) is 2.43. The van der Waals surface area contributed by atoms with Gasteiger partial charge in [-0.15, -0.1) is 0 Å². The van der Waals surface area contributed by atoms with Gasteiger partial charge in [-0.2, -0.15) is 0 Å². The second-order valence-electron chi connectivity index (χ2n) is 5.75. The van der Waals surface area contributed by atoms with Crippen molar-refractivity contribution in [1.82, 2.24) is 14.8 Å². The summed E-state index contributed by atoms with van der Waals surface area (Å²) in [7, 11) is 1.72. The number of benzene rings is 1. The molecule has 0 aliphatic carbocycles. The molecule has 0 bridgehead atoms. The fourth-order valence-corrected chi connectivity index (χ4v) is 2.99. The topological polar surface area (TPSA) is 48.6 Å². The predicted octanol–water partition coefficient (Wildman–Crippen LogP) is 1.50. The normalized spacial score (nSPS) is 16.3. The molecule has 0 atom stereocenters. The van der Waals surface area contributed by atoms with E-state index in [0.717, 1.165) is 55.8 Å². The van der Waals surface area contributed by atoms with E-state index in [1.165, 1.54) is 0 Å². The Bertz CT molecular complexity index is 630. The molecule has 0 spiro atoms. The average Bonchev–Trinajstić information content (AvgIpc) is 2.96. The number of rotatable bonds is 5. The zero-order valence-electron chi connectivity index (χ0n) is 13.0. The molecule has 118 valence electrons. The van der Waals surface area contributed by atoms with Gasteiger partial charge in [0.15, 0.2) is 0 Å². The van der Waals surface area contributed by atoms with Crippen LogP contribution in [0.1, 0.15) is 5.56 Å². The Morgan fingerprint density at radius 2 is 2.00 bits per heavy atom. The number of carbonyl (C=O) groups is 1. The fourth-order valence-electron chi connectivity index (χ4n) is 2.99. The number of piperazine rings is 1. The largest absolute Gasteiger partial charge is 0.383 e. The van der Waals surface area contributed by atoms with E-state index in [4.69, 9.17) is 4.74 Å². The molecule has 5 nitrogen and oxygen atoms in total. The SMILES string of the molecule is COCCN1CCN(C(=O)Cc2c[nH]c3ccccc23)CC1. The number of nitrogens with zero attached hydrogens (tertiary/aromatic N) is 2. The number of fused-ring (bicyclic) bond motifs is 1. The van der Waals surface area contributed by atoms with Crippen molar-refractivity contribution in [3.8, 4) is 0 Å². The number of hydrogen-bond acceptors (Lipinski definition) is 3. The first-order chi connectivity index (χ1) is 10.8. The van der Waals surface area contributed by atoms with E-state index in [1.54, 1.807) is 7.11 Å². The third kappa shape index (κ3) is 3.31. The Morgan fingerprint density at radius 1 is 1.23 bits per heavy atom. The molecule has 1 fully saturated rings. The lowest BCUT2D eigenvalue weighted by Gasteiger charge is -2.34. The Kier molecular flexibility index (Phi) is 4.75. The van der Waals surface area contributed by atoms with Gasteiger partial charge in [-0.3, -0.25) is 9.69 Å². The van der Waals surface area contributed by atoms with Crippen LogP contribution in [0.5, 0.6) is 0 Å². The van der Waals surface area contributed by atoms with Gasteiger partial charge in [0.1, 0.15) is 0 Å². The summed E-state index contributed by atoms with van der Waals surface area (Å²) < 4.78 is 5.10. The highest BCUT2D eigenvalue weighted by Gasteiger charge is 2.21. The van der Waals surface area contributed by atoms with Crippen molar-refractivity contribution in [2.45, 2.75) is 6.42 Å². The summed E-state index contributed by atoms with van der Waals surface area (Å²) in [6, 6.07) is 8.12. The number of para-hydroxylation sites is 1. The highest BCUT2D eigenvalue weighted by atomic mass is 16.5. The Hall–Kier alpha value is -1.85. The first kappa shape index (κ1) is 15.1. The van der Waals surface area contributed by atoms with Gasteiger partial charge in [0, 0.05) is 56.9 Å². The lowest BCUT2D eigenvalue weighted by Crippen LogP contribution is -2.49. The molecule has 1 N–H and O–H groups in total. The first-order valence-electron chi connectivity index (χ1n) is 7.82. The van der Waals surface area contributed by atoms with Gasteiger partial charge in [-0.05, 0) is 11.6 Å². The molecule has 1 aromatic heterocycles. The zero-order chi connectivity index (χ0) is 15.4. The Balaban J connectivity index is 1.57. The number of aromatic amines is 1. The highest BCUT2D eigenvalue weighted by molar-refractivity contribution is 5.88. The molecule has 1 saturated heterocycles. The lowest BCUT2D eigenvalue weighted by atomic mass is 10.1. The smallest absolute Gasteiger partial charge is 0.227 e. The van der Waals surface area contributed by atoms with Crippen LogP contribution in [0.15, 0.2) is 30.5 Å². The number of ether oxygens (including phenoxy) is 1. The molecule has 1 amide bonds. The monoisotopic (exact) mass is 301 g/mol. The van der Waals surface area contributed by atoms with Gasteiger partial charge in [0.25, 0.3) is 0 Å². The minimum atomic E-state index is 0.219. The minimum Gasteiger partial charge on any atom is -0.383 e. The Labute approximate surface area is 130 Å². The fraction of sp³-hybridized carbons (Fsp3) is 0.471. The summed E-state index contributed by atoms with van der Waals surface area (Å²) in [5, 5.41) is 1.15. The highest BCUT2D eigenvalue weighted by Crippen LogP contribution is 2.19. The molecule has 3 rings (SSSR count). The van der Waals surface area contributed by atoms with Crippen LogP contribution in [-0.2, 0) is 16.0 Å². The predicted molar refractivity (Wildman–Crippen MR) is 86.9 cm³/mol. The number of amides is 1. The molecule has 0 radical (unpaired) electrons. The van der Waals surface area contributed by atoms with Crippen LogP contribution in [0, 0.1) is 0 Å². The number of H-pyrrole nitrogens is 1. The van der Waals surface area contributed by atoms with Crippen LogP contribution in [0.25, 0.3) is 10.9 Å². The molecule has 1 aliphatic rings. The van der Waals surface area contributed by atoms with Crippen molar-refractivity contribution < 1.29 is 9.53 Å². The van der Waals surface area contributed by atoms with Gasteiger partial charge in [0.05, 0.1) is 13.0 Å². The maximum atomic E-state index is 12.5. The van der Waals surface area contributed by atoms with E-state index in [9.17, 15) is 4.79 Å². The van der Waals surface area contributed by atoms with Gasteiger partial charge in [0.2, 0.25) is 5.91 Å². The van der Waals surface area contributed by atoms with E-state index in [-0.39, 0.29) is 5.91 Å². The Morgan fingerprint density at radius 3 is 2.77 bits per heavy atom. The number of carbonyl (C=O) groups excluding carboxylic acids is 1. The van der Waals surface area contributed by atoms with E-state index in [0.29, 0.717) is 6.42 Å². The lowest BCUT2D eigenvalue weighted by molar-refractivity contribution is -0.132. The molecule has 1 aromatic carbocycles. The zero-order valence-corrected chi connectivity index (χ0v) is 13.0. The van der Waals surface area contributed by atoms with Gasteiger partial charge < -0.3 is 14.6 Å². The summed E-state index contributed by atoms with van der Waals surface area (Å²) >= 11 is 0. The molecule has 0 saturated carbocycles.